The maximum Gasteiger partial charge on any atom is 0.165 e. The lowest BCUT2D eigenvalue weighted by Gasteiger charge is -2.32. The molecule has 1 fully saturated rings. The zero-order chi connectivity index (χ0) is 23.9. The number of aromatic nitrogens is 4. The number of hydrogen-bond acceptors (Lipinski definition) is 5. The highest BCUT2D eigenvalue weighted by molar-refractivity contribution is 5.94. The number of hydrogen-bond donors (Lipinski definition) is 4. The third-order valence-corrected chi connectivity index (χ3v) is 7.45. The van der Waals surface area contributed by atoms with Gasteiger partial charge in [-0.15, -0.1) is 0 Å². The monoisotopic (exact) mass is 474 g/mol. The molecule has 0 radical (unpaired) electrons. The van der Waals surface area contributed by atoms with Crippen molar-refractivity contribution in [2.45, 2.75) is 51.6 Å². The number of aromatic amines is 2. The first-order chi connectivity index (χ1) is 17.1. The van der Waals surface area contributed by atoms with Crippen LogP contribution in [0.4, 0.5) is 4.39 Å². The summed E-state index contributed by atoms with van der Waals surface area (Å²) in [5.41, 5.74) is 6.54. The summed E-state index contributed by atoms with van der Waals surface area (Å²) in [4.78, 5) is 11.0. The van der Waals surface area contributed by atoms with Gasteiger partial charge in [0.05, 0.1) is 16.9 Å². The van der Waals surface area contributed by atoms with Crippen LogP contribution in [-0.2, 0) is 19.4 Å². The lowest BCUT2D eigenvalue weighted by molar-refractivity contribution is 0.206. The first kappa shape index (κ1) is 22.2. The van der Waals surface area contributed by atoms with E-state index in [2.05, 4.69) is 25.4 Å². The number of halogens is 1. The number of aromatic hydroxyl groups is 1. The number of fused-ring (bicyclic) bond motifs is 2. The summed E-state index contributed by atoms with van der Waals surface area (Å²) in [7, 11) is 0. The summed E-state index contributed by atoms with van der Waals surface area (Å²) in [5, 5.41) is 22.1. The standard InChI is InChI=1S/C27H31FN6O/c1-2-16-12-25(35)21(28)13-20(16)17-6-7-19-23(11-17)32-33-26(19)27-30-22-8-10-34(15-24(22)31-27)14-18-5-3-4-9-29-18/h6-7,11-13,18,29,35H,2-5,8-10,14-15H2,1H3,(H,30,31)(H,32,33). The van der Waals surface area contributed by atoms with Crippen LogP contribution in [0.25, 0.3) is 33.5 Å². The highest BCUT2D eigenvalue weighted by Gasteiger charge is 2.25. The number of H-pyrrole nitrogens is 2. The Labute approximate surface area is 203 Å². The summed E-state index contributed by atoms with van der Waals surface area (Å²) < 4.78 is 14.1. The van der Waals surface area contributed by atoms with Crippen LogP contribution in [0, 0.1) is 5.82 Å². The van der Waals surface area contributed by atoms with E-state index in [1.165, 1.54) is 37.1 Å². The van der Waals surface area contributed by atoms with E-state index in [-0.39, 0.29) is 5.75 Å². The van der Waals surface area contributed by atoms with Gasteiger partial charge >= 0.3 is 0 Å². The van der Waals surface area contributed by atoms with Crippen LogP contribution in [0.5, 0.6) is 5.75 Å². The molecule has 8 heteroatoms. The molecule has 0 bridgehead atoms. The summed E-state index contributed by atoms with van der Waals surface area (Å²) in [5.74, 6) is -0.139. The smallest absolute Gasteiger partial charge is 0.165 e. The molecule has 1 unspecified atom stereocenters. The molecule has 0 spiro atoms. The molecule has 4 N–H and O–H groups in total. The van der Waals surface area contributed by atoms with E-state index in [0.29, 0.717) is 12.5 Å². The van der Waals surface area contributed by atoms with E-state index in [1.54, 1.807) is 0 Å². The van der Waals surface area contributed by atoms with Crippen molar-refractivity contribution in [2.75, 3.05) is 19.6 Å². The number of phenolic OH excluding ortho intramolecular Hbond substituents is 1. The van der Waals surface area contributed by atoms with Crippen molar-refractivity contribution >= 4 is 10.9 Å². The van der Waals surface area contributed by atoms with Gasteiger partial charge in [0, 0.05) is 37.5 Å². The molecule has 2 aliphatic heterocycles. The fourth-order valence-electron chi connectivity index (χ4n) is 5.54. The molecule has 2 aliphatic rings. The maximum atomic E-state index is 14.1. The van der Waals surface area contributed by atoms with Crippen molar-refractivity contribution in [3.8, 4) is 28.4 Å². The molecule has 182 valence electrons. The Hall–Kier alpha value is -3.23. The van der Waals surface area contributed by atoms with Crippen LogP contribution in [0.3, 0.4) is 0 Å². The SMILES string of the molecule is CCc1cc(O)c(F)cc1-c1ccc2c(-c3nc4c([nH]3)CN(CC3CCCCN3)CC4)n[nH]c2c1. The molecule has 0 amide bonds. The minimum atomic E-state index is -0.614. The molecule has 4 aromatic rings. The minimum Gasteiger partial charge on any atom is -0.505 e. The summed E-state index contributed by atoms with van der Waals surface area (Å²) in [6, 6.07) is 9.48. The van der Waals surface area contributed by atoms with Crippen LogP contribution in [0.15, 0.2) is 30.3 Å². The lowest BCUT2D eigenvalue weighted by atomic mass is 9.96. The molecule has 0 saturated carbocycles. The summed E-state index contributed by atoms with van der Waals surface area (Å²) in [6.07, 6.45) is 5.50. The second-order valence-electron chi connectivity index (χ2n) is 9.79. The Kier molecular flexibility index (Phi) is 5.78. The second-order valence-corrected chi connectivity index (χ2v) is 9.79. The normalized spacial score (nSPS) is 18.7. The number of piperidine rings is 1. The zero-order valence-corrected chi connectivity index (χ0v) is 20.0. The highest BCUT2D eigenvalue weighted by Crippen LogP contribution is 2.34. The predicted octanol–water partition coefficient (Wildman–Crippen LogP) is 4.53. The molecule has 1 saturated heterocycles. The van der Waals surface area contributed by atoms with Crippen molar-refractivity contribution in [3.63, 3.8) is 0 Å². The van der Waals surface area contributed by atoms with E-state index in [9.17, 15) is 9.50 Å². The number of imidazole rings is 1. The first-order valence-electron chi connectivity index (χ1n) is 12.6. The number of phenols is 1. The Morgan fingerprint density at radius 2 is 2.11 bits per heavy atom. The van der Waals surface area contributed by atoms with Crippen LogP contribution < -0.4 is 5.32 Å². The van der Waals surface area contributed by atoms with Crippen LogP contribution >= 0.6 is 0 Å². The van der Waals surface area contributed by atoms with Crippen molar-refractivity contribution in [1.29, 1.82) is 0 Å². The van der Waals surface area contributed by atoms with Crippen molar-refractivity contribution in [1.82, 2.24) is 30.4 Å². The number of rotatable bonds is 5. The van der Waals surface area contributed by atoms with Gasteiger partial charge in [0.2, 0.25) is 0 Å². The number of benzene rings is 2. The minimum absolute atomic E-state index is 0.314. The van der Waals surface area contributed by atoms with Gasteiger partial charge in [0.15, 0.2) is 17.4 Å². The van der Waals surface area contributed by atoms with Crippen LogP contribution in [0.1, 0.15) is 43.1 Å². The summed E-state index contributed by atoms with van der Waals surface area (Å²) >= 11 is 0. The predicted molar refractivity (Wildman–Crippen MR) is 135 cm³/mol. The van der Waals surface area contributed by atoms with Gasteiger partial charge in [0.25, 0.3) is 0 Å². The fraction of sp³-hybridized carbons (Fsp3) is 0.407. The molecule has 35 heavy (non-hydrogen) atoms. The van der Waals surface area contributed by atoms with Gasteiger partial charge in [-0.2, -0.15) is 5.10 Å². The van der Waals surface area contributed by atoms with Crippen molar-refractivity contribution in [2.24, 2.45) is 0 Å². The van der Waals surface area contributed by atoms with Crippen LogP contribution in [-0.4, -0.2) is 55.8 Å². The Morgan fingerprint density at radius 1 is 1.20 bits per heavy atom. The number of nitrogens with one attached hydrogen (secondary N) is 3. The third kappa shape index (κ3) is 4.21. The average molecular weight is 475 g/mol. The fourth-order valence-corrected chi connectivity index (χ4v) is 5.54. The Bertz CT molecular complexity index is 1370. The van der Waals surface area contributed by atoms with Gasteiger partial charge in [0.1, 0.15) is 5.69 Å². The molecule has 2 aromatic carbocycles. The van der Waals surface area contributed by atoms with E-state index in [0.717, 1.165) is 77.4 Å². The number of nitrogens with zero attached hydrogens (tertiary/aromatic N) is 3. The molecule has 2 aromatic heterocycles. The third-order valence-electron chi connectivity index (χ3n) is 7.45. The molecular formula is C27H31FN6O. The van der Waals surface area contributed by atoms with Gasteiger partial charge in [-0.05, 0) is 66.8 Å². The molecule has 4 heterocycles. The Balaban J connectivity index is 1.26. The van der Waals surface area contributed by atoms with Crippen LogP contribution in [0.2, 0.25) is 0 Å². The lowest BCUT2D eigenvalue weighted by Crippen LogP contribution is -2.45. The average Bonchev–Trinajstić information content (AvgIpc) is 3.49. The molecule has 0 aliphatic carbocycles. The van der Waals surface area contributed by atoms with E-state index in [1.807, 2.05) is 25.1 Å². The molecule has 1 atom stereocenters. The zero-order valence-electron chi connectivity index (χ0n) is 20.0. The van der Waals surface area contributed by atoms with Gasteiger partial charge in [-0.3, -0.25) is 10.00 Å². The topological polar surface area (TPSA) is 92.9 Å². The van der Waals surface area contributed by atoms with Crippen molar-refractivity contribution in [3.05, 3.63) is 53.1 Å². The quantitative estimate of drug-likeness (QED) is 0.341. The van der Waals surface area contributed by atoms with Gasteiger partial charge in [-0.1, -0.05) is 19.4 Å². The molecule has 6 rings (SSSR count). The van der Waals surface area contributed by atoms with Gasteiger partial charge < -0.3 is 15.4 Å². The molecular weight excluding hydrogens is 443 g/mol. The highest BCUT2D eigenvalue weighted by atomic mass is 19.1. The maximum absolute atomic E-state index is 14.1. The van der Waals surface area contributed by atoms with E-state index < -0.39 is 5.82 Å². The second kappa shape index (κ2) is 9.09. The van der Waals surface area contributed by atoms with Gasteiger partial charge in [-0.25, -0.2) is 9.37 Å². The molecule has 7 nitrogen and oxygen atoms in total. The van der Waals surface area contributed by atoms with E-state index >= 15 is 0 Å². The number of aryl methyl sites for hydroxylation is 1. The van der Waals surface area contributed by atoms with E-state index in [4.69, 9.17) is 4.98 Å². The first-order valence-corrected chi connectivity index (χ1v) is 12.6. The van der Waals surface area contributed by atoms with Crippen molar-refractivity contribution < 1.29 is 9.50 Å². The summed E-state index contributed by atoms with van der Waals surface area (Å²) in [6.45, 7) is 6.13. The largest absolute Gasteiger partial charge is 0.505 e. The Morgan fingerprint density at radius 3 is 2.94 bits per heavy atom.